The van der Waals surface area contributed by atoms with Crippen molar-refractivity contribution in [1.29, 1.82) is 0 Å². The summed E-state index contributed by atoms with van der Waals surface area (Å²) in [6.45, 7) is 0. The average Bonchev–Trinajstić information content (AvgIpc) is 3.16. The van der Waals surface area contributed by atoms with E-state index in [1.807, 2.05) is 18.2 Å². The zero-order valence-electron chi connectivity index (χ0n) is 16.6. The number of aromatic nitrogens is 1. The maximum Gasteiger partial charge on any atom is 0.308 e. The summed E-state index contributed by atoms with van der Waals surface area (Å²) in [6.07, 6.45) is 2.12. The summed E-state index contributed by atoms with van der Waals surface area (Å²) in [5.41, 5.74) is 4.15. The van der Waals surface area contributed by atoms with Gasteiger partial charge in [-0.1, -0.05) is 35.3 Å². The van der Waals surface area contributed by atoms with E-state index in [-0.39, 0.29) is 12.1 Å². The molecule has 1 heterocycles. The fraction of sp³-hybridized carbons (Fsp3) is 0.273. The smallest absolute Gasteiger partial charge is 0.308 e. The number of benzene rings is 2. The Labute approximate surface area is 197 Å². The largest absolute Gasteiger partial charge is 0.481 e. The Kier molecular flexibility index (Phi) is 5.31. The van der Waals surface area contributed by atoms with E-state index in [0.29, 0.717) is 27.2 Å². The molecule has 0 amide bonds. The second kappa shape index (κ2) is 8.03. The summed E-state index contributed by atoms with van der Waals surface area (Å²) in [5.74, 6) is -1.79. The Morgan fingerprint density at radius 1 is 1.19 bits per heavy atom. The van der Waals surface area contributed by atoms with Gasteiger partial charge in [0.2, 0.25) is 0 Å². The van der Waals surface area contributed by atoms with Crippen LogP contribution in [0.25, 0.3) is 11.3 Å². The maximum absolute atomic E-state index is 12.0. The molecule has 164 valence electrons. The van der Waals surface area contributed by atoms with Crippen LogP contribution in [-0.2, 0) is 30.5 Å². The lowest BCUT2D eigenvalue weighted by Crippen LogP contribution is -2.41. The fourth-order valence-corrected chi connectivity index (χ4v) is 5.97. The predicted molar refractivity (Wildman–Crippen MR) is 124 cm³/mol. The number of carboxylic acid groups (broad SMARTS) is 1. The van der Waals surface area contributed by atoms with E-state index < -0.39 is 22.9 Å². The molecule has 0 fully saturated rings. The molecule has 0 bridgehead atoms. The molecule has 1 aromatic heterocycles. The summed E-state index contributed by atoms with van der Waals surface area (Å²) >= 11 is 13.9. The molecule has 2 N–H and O–H groups in total. The first-order valence-electron chi connectivity index (χ1n) is 10.0. The van der Waals surface area contributed by atoms with Gasteiger partial charge in [-0.15, -0.1) is 11.3 Å². The fourth-order valence-electron chi connectivity index (χ4n) is 4.59. The molecule has 10 heteroatoms. The normalized spacial score (nSPS) is 18.9. The van der Waals surface area contributed by atoms with Crippen LogP contribution in [0.2, 0.25) is 10.0 Å². The van der Waals surface area contributed by atoms with Gasteiger partial charge in [0.05, 0.1) is 26.6 Å². The van der Waals surface area contributed by atoms with Crippen LogP contribution in [0.5, 0.6) is 0 Å². The van der Waals surface area contributed by atoms with Crippen LogP contribution in [0.15, 0.2) is 30.3 Å². The zero-order valence-corrected chi connectivity index (χ0v) is 18.9. The SMILES string of the molecule is O=C(O)C1Cc2c(cccc2[N+](=O)[O-])CC1Nc1nc2c(s1)CCc1cc(Cl)c(Cl)cc1-2. The van der Waals surface area contributed by atoms with Gasteiger partial charge in [0.25, 0.3) is 5.69 Å². The number of aliphatic carboxylic acids is 1. The van der Waals surface area contributed by atoms with Crippen molar-refractivity contribution in [2.75, 3.05) is 5.32 Å². The first-order valence-corrected chi connectivity index (χ1v) is 11.6. The molecule has 2 aliphatic carbocycles. The standard InChI is InChI=1S/C22H17Cl2N3O4S/c23-15-6-11-4-5-19-20(13(11)9-16(15)24)26-22(32-19)25-17-7-10-2-1-3-18(27(30)31)12(10)8-14(17)21(28)29/h1-3,6,9,14,17H,4-5,7-8H2,(H,25,26)(H,28,29). The number of carbonyl (C=O) groups is 1. The van der Waals surface area contributed by atoms with Gasteiger partial charge in [-0.05, 0) is 48.9 Å². The molecule has 32 heavy (non-hydrogen) atoms. The zero-order chi connectivity index (χ0) is 22.6. The van der Waals surface area contributed by atoms with Gasteiger partial charge in [0, 0.05) is 28.1 Å². The third-order valence-electron chi connectivity index (χ3n) is 6.14. The van der Waals surface area contributed by atoms with E-state index in [4.69, 9.17) is 28.2 Å². The van der Waals surface area contributed by atoms with Gasteiger partial charge in [-0.2, -0.15) is 0 Å². The molecule has 0 spiro atoms. The Balaban J connectivity index is 1.47. The van der Waals surface area contributed by atoms with Crippen molar-refractivity contribution >= 4 is 51.3 Å². The number of nitrogens with one attached hydrogen (secondary N) is 1. The van der Waals surface area contributed by atoms with Gasteiger partial charge in [-0.25, -0.2) is 4.98 Å². The number of anilines is 1. The van der Waals surface area contributed by atoms with E-state index >= 15 is 0 Å². The van der Waals surface area contributed by atoms with Gasteiger partial charge in [-0.3, -0.25) is 14.9 Å². The summed E-state index contributed by atoms with van der Waals surface area (Å²) in [7, 11) is 0. The van der Waals surface area contributed by atoms with Crippen LogP contribution in [0.1, 0.15) is 21.6 Å². The molecule has 2 unspecified atom stereocenters. The molecule has 5 rings (SSSR count). The minimum atomic E-state index is -0.987. The number of thiazole rings is 1. The van der Waals surface area contributed by atoms with E-state index in [2.05, 4.69) is 5.32 Å². The highest BCUT2D eigenvalue weighted by Crippen LogP contribution is 2.42. The molecular formula is C22H17Cl2N3O4S. The van der Waals surface area contributed by atoms with Crippen molar-refractivity contribution in [3.8, 4) is 11.3 Å². The number of rotatable bonds is 4. The molecule has 0 radical (unpaired) electrons. The van der Waals surface area contributed by atoms with Crippen LogP contribution >= 0.6 is 34.5 Å². The van der Waals surface area contributed by atoms with E-state index in [9.17, 15) is 20.0 Å². The number of nitro groups is 1. The molecular weight excluding hydrogens is 473 g/mol. The van der Waals surface area contributed by atoms with Gasteiger partial charge in [0.15, 0.2) is 5.13 Å². The topological polar surface area (TPSA) is 105 Å². The van der Waals surface area contributed by atoms with Gasteiger partial charge in [0.1, 0.15) is 0 Å². The van der Waals surface area contributed by atoms with Crippen LogP contribution in [0.4, 0.5) is 10.8 Å². The van der Waals surface area contributed by atoms with Crippen molar-refractivity contribution in [3.63, 3.8) is 0 Å². The lowest BCUT2D eigenvalue weighted by molar-refractivity contribution is -0.385. The number of nitro benzene ring substituents is 1. The van der Waals surface area contributed by atoms with Crippen molar-refractivity contribution in [2.24, 2.45) is 5.92 Å². The van der Waals surface area contributed by atoms with Gasteiger partial charge >= 0.3 is 5.97 Å². The molecule has 7 nitrogen and oxygen atoms in total. The molecule has 2 aromatic carbocycles. The molecule has 2 aliphatic rings. The Morgan fingerprint density at radius 2 is 1.97 bits per heavy atom. The number of halogens is 2. The number of hydrogen-bond acceptors (Lipinski definition) is 6. The van der Waals surface area contributed by atoms with Crippen LogP contribution in [0.3, 0.4) is 0 Å². The highest BCUT2D eigenvalue weighted by Gasteiger charge is 2.37. The highest BCUT2D eigenvalue weighted by molar-refractivity contribution is 7.16. The minimum Gasteiger partial charge on any atom is -0.481 e. The first-order chi connectivity index (χ1) is 15.3. The lowest BCUT2D eigenvalue weighted by atomic mass is 9.79. The summed E-state index contributed by atoms with van der Waals surface area (Å²) < 4.78 is 0. The Hall–Kier alpha value is -2.68. The first kappa shape index (κ1) is 21.2. The van der Waals surface area contributed by atoms with Crippen LogP contribution in [-0.4, -0.2) is 27.0 Å². The molecule has 0 saturated carbocycles. The number of carboxylic acids is 1. The third-order valence-corrected chi connectivity index (χ3v) is 7.91. The van der Waals surface area contributed by atoms with Crippen molar-refractivity contribution in [1.82, 2.24) is 4.98 Å². The van der Waals surface area contributed by atoms with Crippen LogP contribution < -0.4 is 5.32 Å². The van der Waals surface area contributed by atoms with E-state index in [1.165, 1.54) is 17.4 Å². The minimum absolute atomic E-state index is 0.0240. The number of aryl methyl sites for hydroxylation is 2. The van der Waals surface area contributed by atoms with Crippen molar-refractivity contribution < 1.29 is 14.8 Å². The summed E-state index contributed by atoms with van der Waals surface area (Å²) in [6, 6.07) is 8.17. The maximum atomic E-state index is 12.0. The molecule has 0 saturated heterocycles. The number of hydrogen-bond donors (Lipinski definition) is 2. The average molecular weight is 490 g/mol. The predicted octanol–water partition coefficient (Wildman–Crippen LogP) is 5.40. The summed E-state index contributed by atoms with van der Waals surface area (Å²) in [5, 5.41) is 26.2. The lowest BCUT2D eigenvalue weighted by Gasteiger charge is -2.30. The van der Waals surface area contributed by atoms with E-state index in [0.717, 1.165) is 40.1 Å². The molecule has 3 aromatic rings. The van der Waals surface area contributed by atoms with Crippen LogP contribution in [0, 0.1) is 16.0 Å². The van der Waals surface area contributed by atoms with Crippen molar-refractivity contribution in [3.05, 3.63) is 72.1 Å². The third kappa shape index (κ3) is 3.62. The molecule has 2 atom stereocenters. The monoisotopic (exact) mass is 489 g/mol. The Morgan fingerprint density at radius 3 is 2.72 bits per heavy atom. The second-order valence-corrected chi connectivity index (χ2v) is 9.89. The molecule has 0 aliphatic heterocycles. The van der Waals surface area contributed by atoms with Crippen molar-refractivity contribution in [2.45, 2.75) is 31.7 Å². The Bertz CT molecular complexity index is 1280. The number of fused-ring (bicyclic) bond motifs is 4. The number of nitrogens with zero attached hydrogens (tertiary/aromatic N) is 2. The summed E-state index contributed by atoms with van der Waals surface area (Å²) in [4.78, 5) is 28.8. The van der Waals surface area contributed by atoms with Gasteiger partial charge < -0.3 is 10.4 Å². The quantitative estimate of drug-likeness (QED) is 0.375. The van der Waals surface area contributed by atoms with E-state index in [1.54, 1.807) is 6.07 Å². The second-order valence-electron chi connectivity index (χ2n) is 7.99. The highest BCUT2D eigenvalue weighted by atomic mass is 35.5.